The van der Waals surface area contributed by atoms with Crippen molar-refractivity contribution in [3.05, 3.63) is 72.1 Å². The molecule has 2 aromatic heterocycles. The zero-order valence-electron chi connectivity index (χ0n) is 17.5. The van der Waals surface area contributed by atoms with E-state index in [-0.39, 0.29) is 17.6 Å². The van der Waals surface area contributed by atoms with Crippen LogP contribution in [-0.4, -0.2) is 39.2 Å². The predicted octanol–water partition coefficient (Wildman–Crippen LogP) is 4.88. The molecule has 0 spiro atoms. The van der Waals surface area contributed by atoms with Crippen molar-refractivity contribution in [3.8, 4) is 11.3 Å². The molecule has 0 amide bonds. The fourth-order valence-electron chi connectivity index (χ4n) is 5.02. The Hall–Kier alpha value is -3.00. The molecule has 2 aliphatic rings. The standard InChI is InChI=1S/C24H24F3N5/c25-24(26,27)21-12-22(16-6-2-1-3-7-16)30-31-23(21)29-20-10-17-13-32(14-18(17)11-20)15-19-8-4-5-9-28-19/h1-9,12,17-18,20H,10-11,13-15H2,(H,29,31)/t17-,18+,20?. The maximum Gasteiger partial charge on any atom is 0.420 e. The minimum atomic E-state index is -4.50. The number of nitrogens with zero attached hydrogens (tertiary/aromatic N) is 4. The summed E-state index contributed by atoms with van der Waals surface area (Å²) < 4.78 is 41.4. The molecule has 1 saturated heterocycles. The first-order chi connectivity index (χ1) is 15.5. The summed E-state index contributed by atoms with van der Waals surface area (Å²) in [5.41, 5.74) is 1.11. The lowest BCUT2D eigenvalue weighted by Gasteiger charge is -2.21. The molecule has 166 valence electrons. The highest BCUT2D eigenvalue weighted by Crippen LogP contribution is 2.41. The third-order valence-electron chi connectivity index (χ3n) is 6.45. The Labute approximate surface area is 184 Å². The van der Waals surface area contributed by atoms with Gasteiger partial charge < -0.3 is 5.32 Å². The van der Waals surface area contributed by atoms with Gasteiger partial charge in [0.2, 0.25) is 0 Å². The van der Waals surface area contributed by atoms with E-state index in [0.29, 0.717) is 17.4 Å². The van der Waals surface area contributed by atoms with Gasteiger partial charge in [0.1, 0.15) is 5.56 Å². The van der Waals surface area contributed by atoms with Gasteiger partial charge in [-0.1, -0.05) is 36.4 Å². The van der Waals surface area contributed by atoms with E-state index in [1.807, 2.05) is 24.3 Å². The molecule has 3 heterocycles. The zero-order valence-corrected chi connectivity index (χ0v) is 17.5. The highest BCUT2D eigenvalue weighted by atomic mass is 19.4. The first-order valence-electron chi connectivity index (χ1n) is 10.8. The molecule has 32 heavy (non-hydrogen) atoms. The fraction of sp³-hybridized carbons (Fsp3) is 0.375. The van der Waals surface area contributed by atoms with Crippen LogP contribution in [0.25, 0.3) is 11.3 Å². The molecule has 5 nitrogen and oxygen atoms in total. The smallest absolute Gasteiger partial charge is 0.365 e. The summed E-state index contributed by atoms with van der Waals surface area (Å²) in [4.78, 5) is 6.79. The minimum Gasteiger partial charge on any atom is -0.365 e. The Kier molecular flexibility index (Phi) is 5.55. The van der Waals surface area contributed by atoms with Gasteiger partial charge in [-0.3, -0.25) is 9.88 Å². The van der Waals surface area contributed by atoms with Crippen molar-refractivity contribution in [2.24, 2.45) is 11.8 Å². The quantitative estimate of drug-likeness (QED) is 0.614. The molecular formula is C24H24F3N5. The molecule has 1 N–H and O–H groups in total. The molecule has 1 aliphatic carbocycles. The maximum absolute atomic E-state index is 13.8. The van der Waals surface area contributed by atoms with Crippen molar-refractivity contribution in [2.75, 3.05) is 18.4 Å². The van der Waals surface area contributed by atoms with Gasteiger partial charge in [-0.15, -0.1) is 10.2 Å². The van der Waals surface area contributed by atoms with Gasteiger partial charge in [-0.05, 0) is 42.9 Å². The topological polar surface area (TPSA) is 53.9 Å². The van der Waals surface area contributed by atoms with Crippen LogP contribution in [0.4, 0.5) is 19.0 Å². The number of hydrogen-bond donors (Lipinski definition) is 1. The zero-order chi connectivity index (χ0) is 22.1. The van der Waals surface area contributed by atoms with Gasteiger partial charge in [0.15, 0.2) is 5.82 Å². The van der Waals surface area contributed by atoms with Crippen molar-refractivity contribution in [3.63, 3.8) is 0 Å². The van der Waals surface area contributed by atoms with E-state index in [1.165, 1.54) is 0 Å². The number of halogens is 3. The van der Waals surface area contributed by atoms with Crippen molar-refractivity contribution in [1.82, 2.24) is 20.1 Å². The van der Waals surface area contributed by atoms with Gasteiger partial charge in [0.25, 0.3) is 0 Å². The molecule has 0 radical (unpaired) electrons. The normalized spacial score (nSPS) is 23.3. The number of aromatic nitrogens is 3. The number of likely N-dealkylation sites (tertiary alicyclic amines) is 1. The molecule has 3 aromatic rings. The van der Waals surface area contributed by atoms with E-state index >= 15 is 0 Å². The van der Waals surface area contributed by atoms with Gasteiger partial charge in [-0.2, -0.15) is 13.2 Å². The molecular weight excluding hydrogens is 415 g/mol. The van der Waals surface area contributed by atoms with E-state index in [2.05, 4.69) is 25.4 Å². The summed E-state index contributed by atoms with van der Waals surface area (Å²) in [6, 6.07) is 15.8. The lowest BCUT2D eigenvalue weighted by molar-refractivity contribution is -0.137. The number of nitrogens with one attached hydrogen (secondary N) is 1. The first-order valence-corrected chi connectivity index (χ1v) is 10.8. The number of benzene rings is 1. The summed E-state index contributed by atoms with van der Waals surface area (Å²) in [7, 11) is 0. The average Bonchev–Trinajstić information content (AvgIpc) is 3.32. The Morgan fingerprint density at radius 2 is 1.66 bits per heavy atom. The van der Waals surface area contributed by atoms with Crippen molar-refractivity contribution < 1.29 is 13.2 Å². The highest BCUT2D eigenvalue weighted by molar-refractivity contribution is 5.62. The summed E-state index contributed by atoms with van der Waals surface area (Å²) in [5, 5.41) is 11.1. The number of fused-ring (bicyclic) bond motifs is 1. The summed E-state index contributed by atoms with van der Waals surface area (Å²) in [6.07, 6.45) is -1.03. The lowest BCUT2D eigenvalue weighted by Crippen LogP contribution is -2.26. The van der Waals surface area contributed by atoms with Gasteiger partial charge in [0.05, 0.1) is 11.4 Å². The van der Waals surface area contributed by atoms with Crippen LogP contribution >= 0.6 is 0 Å². The highest BCUT2D eigenvalue weighted by Gasteiger charge is 2.42. The first kappa shape index (κ1) is 20.9. The van der Waals surface area contributed by atoms with Crippen LogP contribution in [0, 0.1) is 11.8 Å². The van der Waals surface area contributed by atoms with E-state index in [4.69, 9.17) is 0 Å². The SMILES string of the molecule is FC(F)(F)c1cc(-c2ccccc2)nnc1NC1C[C@@H]2CN(Cc3ccccn3)C[C@@H]2C1. The second kappa shape index (κ2) is 8.50. The lowest BCUT2D eigenvalue weighted by atomic mass is 10.0. The van der Waals surface area contributed by atoms with E-state index in [0.717, 1.165) is 44.2 Å². The van der Waals surface area contributed by atoms with Crippen molar-refractivity contribution in [2.45, 2.75) is 31.6 Å². The van der Waals surface area contributed by atoms with Crippen LogP contribution in [0.5, 0.6) is 0 Å². The largest absolute Gasteiger partial charge is 0.420 e. The third kappa shape index (κ3) is 4.46. The van der Waals surface area contributed by atoms with Crippen LogP contribution in [0.1, 0.15) is 24.1 Å². The number of pyridine rings is 1. The van der Waals surface area contributed by atoms with Crippen molar-refractivity contribution >= 4 is 5.82 Å². The minimum absolute atomic E-state index is 0.0278. The van der Waals surface area contributed by atoms with E-state index < -0.39 is 11.7 Å². The molecule has 1 aliphatic heterocycles. The summed E-state index contributed by atoms with van der Waals surface area (Å²) >= 11 is 0. The second-order valence-electron chi connectivity index (χ2n) is 8.70. The number of rotatable bonds is 5. The molecule has 5 rings (SSSR count). The van der Waals surface area contributed by atoms with E-state index in [9.17, 15) is 13.2 Å². The molecule has 1 aromatic carbocycles. The molecule has 3 atom stereocenters. The Morgan fingerprint density at radius 3 is 2.31 bits per heavy atom. The number of anilines is 1. The van der Waals surface area contributed by atoms with Crippen LogP contribution in [0.3, 0.4) is 0 Å². The molecule has 1 unspecified atom stereocenters. The molecule has 0 bridgehead atoms. The van der Waals surface area contributed by atoms with Gasteiger partial charge in [0, 0.05) is 37.4 Å². The van der Waals surface area contributed by atoms with E-state index in [1.54, 1.807) is 30.5 Å². The Balaban J connectivity index is 1.26. The van der Waals surface area contributed by atoms with Crippen molar-refractivity contribution in [1.29, 1.82) is 0 Å². The summed E-state index contributed by atoms with van der Waals surface area (Å²) in [6.45, 7) is 2.71. The monoisotopic (exact) mass is 439 g/mol. The molecule has 2 fully saturated rings. The van der Waals surface area contributed by atoms with Gasteiger partial charge in [-0.25, -0.2) is 0 Å². The average molecular weight is 439 g/mol. The maximum atomic E-state index is 13.8. The van der Waals surface area contributed by atoms with Crippen LogP contribution < -0.4 is 5.32 Å². The summed E-state index contributed by atoms with van der Waals surface area (Å²) in [5.74, 6) is 0.775. The van der Waals surface area contributed by atoms with Crippen LogP contribution in [0.15, 0.2) is 60.8 Å². The van der Waals surface area contributed by atoms with Gasteiger partial charge >= 0.3 is 6.18 Å². The Morgan fingerprint density at radius 1 is 0.938 bits per heavy atom. The second-order valence-corrected chi connectivity index (χ2v) is 8.70. The predicted molar refractivity (Wildman–Crippen MR) is 116 cm³/mol. The molecule has 8 heteroatoms. The number of hydrogen-bond acceptors (Lipinski definition) is 5. The fourth-order valence-corrected chi connectivity index (χ4v) is 5.02. The van der Waals surface area contributed by atoms with Crippen LogP contribution in [0.2, 0.25) is 0 Å². The van der Waals surface area contributed by atoms with Crippen LogP contribution in [-0.2, 0) is 12.7 Å². The third-order valence-corrected chi connectivity index (χ3v) is 6.45. The Bertz CT molecular complexity index is 1040. The molecule has 1 saturated carbocycles. The number of alkyl halides is 3.